The highest BCUT2D eigenvalue weighted by Gasteiger charge is 2.30. The summed E-state index contributed by atoms with van der Waals surface area (Å²) in [6.07, 6.45) is -0.452. The van der Waals surface area contributed by atoms with E-state index in [1.165, 1.54) is 0 Å². The summed E-state index contributed by atoms with van der Waals surface area (Å²) in [5.41, 5.74) is 0.778. The van der Waals surface area contributed by atoms with Gasteiger partial charge in [0.2, 0.25) is 0 Å². The van der Waals surface area contributed by atoms with E-state index in [2.05, 4.69) is 15.6 Å². The van der Waals surface area contributed by atoms with E-state index in [-0.39, 0.29) is 17.3 Å². The van der Waals surface area contributed by atoms with Gasteiger partial charge in [-0.15, -0.1) is 0 Å². The molecule has 1 atom stereocenters. The molecule has 0 radical (unpaired) electrons. The molecule has 0 aliphatic rings. The topological polar surface area (TPSA) is 107 Å². The maximum atomic E-state index is 12.4. The lowest BCUT2D eigenvalue weighted by atomic mass is 10.1. The number of anilines is 1. The number of nitrogens with zero attached hydrogens (tertiary/aromatic N) is 2. The van der Waals surface area contributed by atoms with Crippen LogP contribution in [0.1, 0.15) is 48.3 Å². The molecule has 24 heavy (non-hydrogen) atoms. The van der Waals surface area contributed by atoms with Gasteiger partial charge in [0, 0.05) is 6.07 Å². The van der Waals surface area contributed by atoms with Crippen LogP contribution in [0, 0.1) is 19.8 Å². The molecule has 0 saturated heterocycles. The van der Waals surface area contributed by atoms with Crippen LogP contribution in [0.25, 0.3) is 0 Å². The van der Waals surface area contributed by atoms with Crippen molar-refractivity contribution in [3.05, 3.63) is 28.8 Å². The summed E-state index contributed by atoms with van der Waals surface area (Å²) >= 11 is 0. The minimum Gasteiger partial charge on any atom is -0.448 e. The summed E-state index contributed by atoms with van der Waals surface area (Å²) < 4.78 is 15.3. The molecule has 0 unspecified atom stereocenters. The molecule has 1 amide bonds. The Bertz CT molecular complexity index is 732. The Balaban J connectivity index is 2.14. The monoisotopic (exact) mass is 335 g/mol. The van der Waals surface area contributed by atoms with Gasteiger partial charge in [-0.1, -0.05) is 31.1 Å². The van der Waals surface area contributed by atoms with Crippen LogP contribution in [0.3, 0.4) is 0 Å². The fourth-order valence-electron chi connectivity index (χ4n) is 2.21. The van der Waals surface area contributed by atoms with Crippen molar-refractivity contribution in [3.63, 3.8) is 0 Å². The van der Waals surface area contributed by atoms with Crippen molar-refractivity contribution in [1.82, 2.24) is 10.3 Å². The van der Waals surface area contributed by atoms with Crippen molar-refractivity contribution in [1.29, 1.82) is 0 Å². The molecule has 2 aromatic heterocycles. The number of hydrogen-bond donors (Lipinski definition) is 1. The first-order valence-electron chi connectivity index (χ1n) is 7.73. The van der Waals surface area contributed by atoms with Gasteiger partial charge in [-0.25, -0.2) is 4.79 Å². The van der Waals surface area contributed by atoms with Gasteiger partial charge in [-0.05, 0) is 26.2 Å². The smallest absolute Gasteiger partial charge is 0.344 e. The van der Waals surface area contributed by atoms with E-state index in [9.17, 15) is 9.59 Å². The Hall–Kier alpha value is -2.64. The average molecular weight is 335 g/mol. The number of esters is 1. The Kier molecular flexibility index (Phi) is 5.38. The molecule has 2 aromatic rings. The van der Waals surface area contributed by atoms with Crippen LogP contribution in [0.5, 0.6) is 0 Å². The molecule has 0 saturated carbocycles. The van der Waals surface area contributed by atoms with Crippen LogP contribution in [-0.2, 0) is 16.0 Å². The fourth-order valence-corrected chi connectivity index (χ4v) is 2.21. The molecule has 0 aliphatic carbocycles. The molecule has 2 rings (SSSR count). The Morgan fingerprint density at radius 1 is 1.25 bits per heavy atom. The van der Waals surface area contributed by atoms with E-state index < -0.39 is 18.0 Å². The van der Waals surface area contributed by atoms with Gasteiger partial charge in [-0.2, -0.15) is 0 Å². The van der Waals surface area contributed by atoms with Crippen LogP contribution in [-0.4, -0.2) is 28.3 Å². The lowest BCUT2D eigenvalue weighted by molar-refractivity contribution is -0.126. The van der Waals surface area contributed by atoms with Gasteiger partial charge in [0.1, 0.15) is 17.1 Å². The molecule has 0 bridgehead atoms. The third kappa shape index (κ3) is 3.81. The van der Waals surface area contributed by atoms with Crippen molar-refractivity contribution in [2.75, 3.05) is 5.32 Å². The molecule has 0 aliphatic heterocycles. The molecule has 2 heterocycles. The van der Waals surface area contributed by atoms with Crippen molar-refractivity contribution in [2.24, 2.45) is 5.92 Å². The number of ether oxygens (including phenoxy) is 1. The highest BCUT2D eigenvalue weighted by atomic mass is 16.6. The van der Waals surface area contributed by atoms with Crippen LogP contribution < -0.4 is 5.32 Å². The number of aryl methyl sites for hydroxylation is 3. The van der Waals surface area contributed by atoms with Crippen molar-refractivity contribution >= 4 is 17.7 Å². The van der Waals surface area contributed by atoms with Crippen LogP contribution in [0.15, 0.2) is 15.1 Å². The van der Waals surface area contributed by atoms with E-state index in [0.717, 1.165) is 0 Å². The molecular weight excluding hydrogens is 314 g/mol. The molecular formula is C16H21N3O5. The van der Waals surface area contributed by atoms with Crippen LogP contribution >= 0.6 is 0 Å². The molecule has 8 heteroatoms. The van der Waals surface area contributed by atoms with Gasteiger partial charge < -0.3 is 19.1 Å². The largest absolute Gasteiger partial charge is 0.448 e. The standard InChI is InChI=1S/C16H21N3O5/c1-6-11-13(10(5)24-18-11)16(21)22-14(8(2)3)15(20)17-12-7-9(4)23-19-12/h7-8,14H,6H2,1-5H3,(H,17,19,20)/t14-/m0/s1. The zero-order valence-corrected chi connectivity index (χ0v) is 14.4. The van der Waals surface area contributed by atoms with E-state index in [1.807, 2.05) is 6.92 Å². The maximum Gasteiger partial charge on any atom is 0.344 e. The zero-order valence-electron chi connectivity index (χ0n) is 14.4. The SMILES string of the molecule is CCc1noc(C)c1C(=O)O[C@H](C(=O)Nc1cc(C)on1)C(C)C. The number of rotatable bonds is 6. The summed E-state index contributed by atoms with van der Waals surface area (Å²) in [6, 6.07) is 1.58. The third-order valence-corrected chi connectivity index (χ3v) is 3.45. The minimum atomic E-state index is -0.978. The van der Waals surface area contributed by atoms with E-state index in [0.29, 0.717) is 23.6 Å². The summed E-state index contributed by atoms with van der Waals surface area (Å²) in [5.74, 6) is -0.126. The number of carbonyl (C=O) groups is 2. The predicted octanol–water partition coefficient (Wildman–Crippen LogP) is 2.66. The molecule has 0 fully saturated rings. The highest BCUT2D eigenvalue weighted by molar-refractivity contribution is 5.97. The maximum absolute atomic E-state index is 12.4. The van der Waals surface area contributed by atoms with E-state index in [1.54, 1.807) is 33.8 Å². The number of carbonyl (C=O) groups excluding carboxylic acids is 2. The minimum absolute atomic E-state index is 0.229. The second kappa shape index (κ2) is 7.29. The molecule has 0 aromatic carbocycles. The number of nitrogens with one attached hydrogen (secondary N) is 1. The molecule has 8 nitrogen and oxygen atoms in total. The van der Waals surface area contributed by atoms with Gasteiger partial charge >= 0.3 is 5.97 Å². The average Bonchev–Trinajstić information content (AvgIpc) is 3.09. The molecule has 1 N–H and O–H groups in total. The Morgan fingerprint density at radius 2 is 1.96 bits per heavy atom. The summed E-state index contributed by atoms with van der Waals surface area (Å²) in [5, 5.41) is 10.1. The first kappa shape index (κ1) is 17.7. The van der Waals surface area contributed by atoms with Crippen molar-refractivity contribution in [3.8, 4) is 0 Å². The lowest BCUT2D eigenvalue weighted by Crippen LogP contribution is -2.37. The van der Waals surface area contributed by atoms with Crippen LogP contribution in [0.4, 0.5) is 5.82 Å². The van der Waals surface area contributed by atoms with E-state index >= 15 is 0 Å². The number of aromatic nitrogens is 2. The first-order chi connectivity index (χ1) is 11.3. The summed E-state index contributed by atoms with van der Waals surface area (Å²) in [6.45, 7) is 8.77. The molecule has 130 valence electrons. The van der Waals surface area contributed by atoms with Gasteiger partial charge in [0.15, 0.2) is 11.9 Å². The van der Waals surface area contributed by atoms with E-state index in [4.69, 9.17) is 13.8 Å². The van der Waals surface area contributed by atoms with Gasteiger partial charge in [0.25, 0.3) is 5.91 Å². The lowest BCUT2D eigenvalue weighted by Gasteiger charge is -2.20. The number of amides is 1. The zero-order chi connectivity index (χ0) is 17.9. The second-order valence-electron chi connectivity index (χ2n) is 5.80. The number of hydrogen-bond acceptors (Lipinski definition) is 7. The predicted molar refractivity (Wildman–Crippen MR) is 84.5 cm³/mol. The first-order valence-corrected chi connectivity index (χ1v) is 7.73. The quantitative estimate of drug-likeness (QED) is 0.808. The highest BCUT2D eigenvalue weighted by Crippen LogP contribution is 2.19. The second-order valence-corrected chi connectivity index (χ2v) is 5.80. The third-order valence-electron chi connectivity index (χ3n) is 3.45. The normalized spacial score (nSPS) is 12.2. The summed E-state index contributed by atoms with van der Waals surface area (Å²) in [4.78, 5) is 24.8. The Labute approximate surface area is 139 Å². The summed E-state index contributed by atoms with van der Waals surface area (Å²) in [7, 11) is 0. The van der Waals surface area contributed by atoms with Crippen LogP contribution in [0.2, 0.25) is 0 Å². The molecule has 0 spiro atoms. The fraction of sp³-hybridized carbons (Fsp3) is 0.500. The van der Waals surface area contributed by atoms with Crippen molar-refractivity contribution < 1.29 is 23.4 Å². The van der Waals surface area contributed by atoms with Crippen molar-refractivity contribution in [2.45, 2.75) is 47.1 Å². The van der Waals surface area contributed by atoms with Gasteiger partial charge in [-0.3, -0.25) is 4.79 Å². The van der Waals surface area contributed by atoms with Gasteiger partial charge in [0.05, 0.1) is 5.69 Å². The Morgan fingerprint density at radius 3 is 2.50 bits per heavy atom.